The van der Waals surface area contributed by atoms with E-state index in [4.69, 9.17) is 0 Å². The van der Waals surface area contributed by atoms with E-state index < -0.39 is 0 Å². The van der Waals surface area contributed by atoms with Crippen LogP contribution in [0.3, 0.4) is 0 Å². The number of hydrogen-bond donors (Lipinski definition) is 0. The van der Waals surface area contributed by atoms with E-state index in [-0.39, 0.29) is 17.5 Å². The Morgan fingerprint density at radius 3 is 1.08 bits per heavy atom. The quantitative estimate of drug-likeness (QED) is 0.148. The van der Waals surface area contributed by atoms with E-state index in [9.17, 15) is 9.59 Å². The monoisotopic (exact) mass is 508 g/mol. The van der Waals surface area contributed by atoms with Gasteiger partial charge in [0.15, 0.2) is 11.6 Å². The van der Waals surface area contributed by atoms with Gasteiger partial charge in [0.05, 0.1) is 0 Å². The maximum atomic E-state index is 11.6. The average Bonchev–Trinajstić information content (AvgIpc) is 2.96. The number of rotatable bonds is 9. The number of Topliss-reactive ketones (excluding diaryl/α,β-unsaturated/α-hetero) is 2. The zero-order chi connectivity index (χ0) is 27.2. The lowest BCUT2D eigenvalue weighted by Gasteiger charge is -2.20. The Morgan fingerprint density at radius 2 is 0.744 bits per heavy atom. The van der Waals surface area contributed by atoms with Crippen molar-refractivity contribution in [2.45, 2.75) is 32.6 Å². The van der Waals surface area contributed by atoms with Crippen LogP contribution in [-0.2, 0) is 12.8 Å². The Morgan fingerprint density at radius 1 is 0.436 bits per heavy atom. The van der Waals surface area contributed by atoms with E-state index in [2.05, 4.69) is 78.9 Å². The summed E-state index contributed by atoms with van der Waals surface area (Å²) in [4.78, 5) is 23.1. The molecule has 5 rings (SSSR count). The second-order valence-corrected chi connectivity index (χ2v) is 10.2. The van der Waals surface area contributed by atoms with E-state index in [0.29, 0.717) is 0 Å². The van der Waals surface area contributed by atoms with Crippen LogP contribution in [0, 0.1) is 0 Å². The number of carbonyl (C=O) groups is 2. The highest BCUT2D eigenvalue weighted by atomic mass is 16.1. The highest BCUT2D eigenvalue weighted by Crippen LogP contribution is 2.32. The maximum Gasteiger partial charge on any atom is 0.159 e. The Hall–Kier alpha value is -4.56. The van der Waals surface area contributed by atoms with Gasteiger partial charge in [0, 0.05) is 17.0 Å². The van der Waals surface area contributed by atoms with Gasteiger partial charge in [-0.3, -0.25) is 9.59 Å². The molecule has 0 bridgehead atoms. The fraction of sp³-hybridized carbons (Fsp3) is 0.135. The molecule has 0 unspecified atom stereocenters. The van der Waals surface area contributed by atoms with Crippen LogP contribution in [0.2, 0.25) is 0 Å². The molecule has 0 radical (unpaired) electrons. The van der Waals surface area contributed by atoms with Gasteiger partial charge < -0.3 is 0 Å². The normalized spacial score (nSPS) is 10.9. The summed E-state index contributed by atoms with van der Waals surface area (Å²) in [6.45, 7) is 3.19. The van der Waals surface area contributed by atoms with Gasteiger partial charge in [-0.05, 0) is 65.6 Å². The van der Waals surface area contributed by atoms with Crippen molar-refractivity contribution in [1.29, 1.82) is 0 Å². The number of ketones is 2. The van der Waals surface area contributed by atoms with Gasteiger partial charge in [-0.25, -0.2) is 0 Å². The minimum absolute atomic E-state index is 0.0919. The molecule has 2 nitrogen and oxygen atoms in total. The number of benzene rings is 5. The molecule has 0 fully saturated rings. The van der Waals surface area contributed by atoms with Gasteiger partial charge in [-0.2, -0.15) is 0 Å². The molecule has 0 saturated carbocycles. The van der Waals surface area contributed by atoms with Gasteiger partial charge >= 0.3 is 0 Å². The van der Waals surface area contributed by atoms with Gasteiger partial charge in [0.2, 0.25) is 0 Å². The molecular weight excluding hydrogens is 476 g/mol. The maximum absolute atomic E-state index is 11.6. The Kier molecular flexibility index (Phi) is 7.94. The van der Waals surface area contributed by atoms with Crippen molar-refractivity contribution in [3.05, 3.63) is 177 Å². The lowest BCUT2D eigenvalue weighted by atomic mass is 9.84. The van der Waals surface area contributed by atoms with Gasteiger partial charge in [-0.15, -0.1) is 0 Å². The lowest BCUT2D eigenvalue weighted by Crippen LogP contribution is -2.04. The zero-order valence-corrected chi connectivity index (χ0v) is 22.4. The molecule has 0 saturated heterocycles. The smallest absolute Gasteiger partial charge is 0.159 e. The van der Waals surface area contributed by atoms with Gasteiger partial charge in [0.1, 0.15) is 0 Å². The van der Waals surface area contributed by atoms with Crippen LogP contribution in [-0.4, -0.2) is 11.6 Å². The van der Waals surface area contributed by atoms with Crippen LogP contribution < -0.4 is 0 Å². The standard InChI is InChI=1S/C37H32O2/c1-26(38)32-16-8-28(9-17-32)24-30-12-20-35(21-13-30)37(34-6-4-3-5-7-34)36-22-14-31(15-23-36)25-29-10-18-33(19-11-29)27(2)39/h3-23,37H,24-25H2,1-2H3. The fourth-order valence-electron chi connectivity index (χ4n) is 5.06. The van der Waals surface area contributed by atoms with Crippen molar-refractivity contribution in [1.82, 2.24) is 0 Å². The molecule has 0 aliphatic rings. The first kappa shape index (κ1) is 26.1. The molecule has 0 atom stereocenters. The summed E-state index contributed by atoms with van der Waals surface area (Å²) in [7, 11) is 0. The van der Waals surface area contributed by atoms with Crippen LogP contribution in [0.25, 0.3) is 0 Å². The van der Waals surface area contributed by atoms with E-state index in [1.54, 1.807) is 13.8 Å². The van der Waals surface area contributed by atoms with E-state index >= 15 is 0 Å². The molecule has 0 heterocycles. The topological polar surface area (TPSA) is 34.1 Å². The highest BCUT2D eigenvalue weighted by Gasteiger charge is 2.17. The second kappa shape index (κ2) is 11.9. The Balaban J connectivity index is 1.36. The van der Waals surface area contributed by atoms with Crippen LogP contribution in [0.1, 0.15) is 79.4 Å². The summed E-state index contributed by atoms with van der Waals surface area (Å²) < 4.78 is 0. The first-order valence-electron chi connectivity index (χ1n) is 13.4. The molecule has 0 aliphatic heterocycles. The first-order valence-corrected chi connectivity index (χ1v) is 13.4. The number of hydrogen-bond acceptors (Lipinski definition) is 2. The molecule has 192 valence electrons. The molecule has 5 aromatic rings. The summed E-state index contributed by atoms with van der Waals surface area (Å²) >= 11 is 0. The lowest BCUT2D eigenvalue weighted by molar-refractivity contribution is 0.100. The van der Waals surface area contributed by atoms with E-state index in [1.165, 1.54) is 38.9 Å². The third kappa shape index (κ3) is 6.48. The molecule has 0 aliphatic carbocycles. The predicted molar refractivity (Wildman–Crippen MR) is 159 cm³/mol. The molecular formula is C37H32O2. The van der Waals surface area contributed by atoms with Crippen LogP contribution in [0.5, 0.6) is 0 Å². The van der Waals surface area contributed by atoms with E-state index in [0.717, 1.165) is 24.0 Å². The SMILES string of the molecule is CC(=O)c1ccc(Cc2ccc(C(c3ccccc3)c3ccc(Cc4ccc(C(C)=O)cc4)cc3)cc2)cc1. The average molecular weight is 509 g/mol. The largest absolute Gasteiger partial charge is 0.295 e. The van der Waals surface area contributed by atoms with Gasteiger partial charge in [0.25, 0.3) is 0 Å². The minimum atomic E-state index is 0.0919. The molecule has 39 heavy (non-hydrogen) atoms. The van der Waals surface area contributed by atoms with Crippen LogP contribution in [0.4, 0.5) is 0 Å². The van der Waals surface area contributed by atoms with Crippen LogP contribution >= 0.6 is 0 Å². The highest BCUT2D eigenvalue weighted by molar-refractivity contribution is 5.94. The minimum Gasteiger partial charge on any atom is -0.295 e. The van der Waals surface area contributed by atoms with Crippen molar-refractivity contribution in [3.8, 4) is 0 Å². The molecule has 0 spiro atoms. The summed E-state index contributed by atoms with van der Waals surface area (Å²) in [5.41, 5.74) is 10.1. The molecule has 0 N–H and O–H groups in total. The van der Waals surface area contributed by atoms with Crippen molar-refractivity contribution >= 4 is 11.6 Å². The van der Waals surface area contributed by atoms with Crippen molar-refractivity contribution < 1.29 is 9.59 Å². The Bertz CT molecular complexity index is 1440. The van der Waals surface area contributed by atoms with E-state index in [1.807, 2.05) is 48.5 Å². The molecule has 0 aromatic heterocycles. The number of carbonyl (C=O) groups excluding carboxylic acids is 2. The third-order valence-electron chi connectivity index (χ3n) is 7.30. The predicted octanol–water partition coefficient (Wildman–Crippen LogP) is 8.45. The zero-order valence-electron chi connectivity index (χ0n) is 22.4. The third-order valence-corrected chi connectivity index (χ3v) is 7.30. The summed E-state index contributed by atoms with van der Waals surface area (Å²) in [5, 5.41) is 0. The van der Waals surface area contributed by atoms with Gasteiger partial charge in [-0.1, -0.05) is 127 Å². The van der Waals surface area contributed by atoms with Crippen molar-refractivity contribution in [3.63, 3.8) is 0 Å². The summed E-state index contributed by atoms with van der Waals surface area (Å²) in [6.07, 6.45) is 1.66. The summed E-state index contributed by atoms with van der Waals surface area (Å²) in [6, 6.07) is 44.2. The van der Waals surface area contributed by atoms with Crippen molar-refractivity contribution in [2.75, 3.05) is 0 Å². The molecule has 2 heteroatoms. The Labute approximate surface area is 231 Å². The first-order chi connectivity index (χ1) is 19.0. The molecule has 5 aromatic carbocycles. The second-order valence-electron chi connectivity index (χ2n) is 10.2. The fourth-order valence-corrected chi connectivity index (χ4v) is 5.06. The molecule has 0 amide bonds. The summed E-state index contributed by atoms with van der Waals surface area (Å²) in [5.74, 6) is 0.322. The van der Waals surface area contributed by atoms with Crippen molar-refractivity contribution in [2.24, 2.45) is 0 Å². The van der Waals surface area contributed by atoms with Crippen LogP contribution in [0.15, 0.2) is 127 Å².